The number of aryl methyl sites for hydroxylation is 2. The summed E-state index contributed by atoms with van der Waals surface area (Å²) < 4.78 is 13.2. The van der Waals surface area contributed by atoms with Crippen LogP contribution in [0.3, 0.4) is 0 Å². The largest absolute Gasteiger partial charge is 0.371 e. The van der Waals surface area contributed by atoms with E-state index in [0.29, 0.717) is 25.0 Å². The van der Waals surface area contributed by atoms with Crippen LogP contribution in [0, 0.1) is 5.92 Å². The second-order valence-electron chi connectivity index (χ2n) is 6.76. The summed E-state index contributed by atoms with van der Waals surface area (Å²) in [7, 11) is 0. The molecule has 24 heavy (non-hydrogen) atoms. The standard InChI is InChI=1S/C17H27N5O2/c1-4-22-10-14(9-18-22)15-11-21(7-8-23-15)12-17-19-16(20-24-17)6-5-13(2)3/h9-10,13,15H,4-8,11-12H2,1-3H3. The topological polar surface area (TPSA) is 69.2 Å². The van der Waals surface area contributed by atoms with Crippen molar-refractivity contribution in [2.75, 3.05) is 19.7 Å². The molecule has 3 heterocycles. The molecule has 0 N–H and O–H groups in total. The Morgan fingerprint density at radius 2 is 2.25 bits per heavy atom. The number of morpholine rings is 1. The Hall–Kier alpha value is -1.73. The number of nitrogens with zero attached hydrogens (tertiary/aromatic N) is 5. The third kappa shape index (κ3) is 4.42. The average Bonchev–Trinajstić information content (AvgIpc) is 3.22. The molecule has 132 valence electrons. The molecule has 0 radical (unpaired) electrons. The molecule has 0 amide bonds. The Bertz CT molecular complexity index is 636. The highest BCUT2D eigenvalue weighted by molar-refractivity contribution is 5.09. The average molecular weight is 333 g/mol. The van der Waals surface area contributed by atoms with Gasteiger partial charge in [-0.1, -0.05) is 19.0 Å². The summed E-state index contributed by atoms with van der Waals surface area (Å²) in [6, 6.07) is 0. The molecule has 0 aliphatic carbocycles. The van der Waals surface area contributed by atoms with Gasteiger partial charge in [0.15, 0.2) is 5.82 Å². The molecule has 2 aromatic rings. The van der Waals surface area contributed by atoms with Crippen LogP contribution in [0.15, 0.2) is 16.9 Å². The molecule has 7 nitrogen and oxygen atoms in total. The number of rotatable bonds is 7. The lowest BCUT2D eigenvalue weighted by molar-refractivity contribution is -0.0356. The minimum Gasteiger partial charge on any atom is -0.371 e. The maximum absolute atomic E-state index is 5.90. The van der Waals surface area contributed by atoms with Crippen molar-refractivity contribution < 1.29 is 9.26 Å². The van der Waals surface area contributed by atoms with E-state index in [1.54, 1.807) is 0 Å². The van der Waals surface area contributed by atoms with Crippen LogP contribution in [0.25, 0.3) is 0 Å². The van der Waals surface area contributed by atoms with E-state index >= 15 is 0 Å². The van der Waals surface area contributed by atoms with E-state index in [4.69, 9.17) is 9.26 Å². The number of hydrogen-bond donors (Lipinski definition) is 0. The van der Waals surface area contributed by atoms with Crippen LogP contribution in [-0.2, 0) is 24.2 Å². The normalized spacial score (nSPS) is 19.2. The van der Waals surface area contributed by atoms with Crippen LogP contribution in [0.5, 0.6) is 0 Å². The quantitative estimate of drug-likeness (QED) is 0.775. The van der Waals surface area contributed by atoms with Gasteiger partial charge in [0, 0.05) is 37.8 Å². The summed E-state index contributed by atoms with van der Waals surface area (Å²) in [5.41, 5.74) is 1.13. The number of ether oxygens (including phenoxy) is 1. The van der Waals surface area contributed by atoms with Gasteiger partial charge >= 0.3 is 0 Å². The van der Waals surface area contributed by atoms with Gasteiger partial charge in [0.2, 0.25) is 5.89 Å². The molecule has 1 fully saturated rings. The van der Waals surface area contributed by atoms with E-state index < -0.39 is 0 Å². The number of aromatic nitrogens is 4. The molecule has 3 rings (SSSR count). The fraction of sp³-hybridized carbons (Fsp3) is 0.706. The van der Waals surface area contributed by atoms with Crippen molar-refractivity contribution >= 4 is 0 Å². The lowest BCUT2D eigenvalue weighted by atomic mass is 10.1. The lowest BCUT2D eigenvalue weighted by Gasteiger charge is -2.31. The Labute approximate surface area is 143 Å². The van der Waals surface area contributed by atoms with Crippen LogP contribution < -0.4 is 0 Å². The van der Waals surface area contributed by atoms with Crippen LogP contribution >= 0.6 is 0 Å². The molecule has 1 unspecified atom stereocenters. The fourth-order valence-corrected chi connectivity index (χ4v) is 2.83. The summed E-state index contributed by atoms with van der Waals surface area (Å²) in [5.74, 6) is 2.15. The fourth-order valence-electron chi connectivity index (χ4n) is 2.83. The van der Waals surface area contributed by atoms with Gasteiger partial charge < -0.3 is 9.26 Å². The third-order valence-corrected chi connectivity index (χ3v) is 4.31. The van der Waals surface area contributed by atoms with Gasteiger partial charge in [0.05, 0.1) is 25.5 Å². The van der Waals surface area contributed by atoms with Crippen molar-refractivity contribution in [3.05, 3.63) is 29.7 Å². The molecule has 1 aliphatic rings. The van der Waals surface area contributed by atoms with Crippen molar-refractivity contribution in [1.82, 2.24) is 24.8 Å². The highest BCUT2D eigenvalue weighted by Crippen LogP contribution is 2.22. The summed E-state index contributed by atoms with van der Waals surface area (Å²) in [6.45, 7) is 10.4. The Morgan fingerprint density at radius 1 is 1.38 bits per heavy atom. The highest BCUT2D eigenvalue weighted by atomic mass is 16.5. The molecule has 2 aromatic heterocycles. The molecular formula is C17H27N5O2. The smallest absolute Gasteiger partial charge is 0.240 e. The summed E-state index contributed by atoms with van der Waals surface area (Å²) in [6.07, 6.45) is 5.98. The third-order valence-electron chi connectivity index (χ3n) is 4.31. The molecule has 0 bridgehead atoms. The first-order chi connectivity index (χ1) is 11.6. The summed E-state index contributed by atoms with van der Waals surface area (Å²) in [5, 5.41) is 8.42. The van der Waals surface area contributed by atoms with Crippen LogP contribution in [0.4, 0.5) is 0 Å². The van der Waals surface area contributed by atoms with Gasteiger partial charge in [0.25, 0.3) is 0 Å². The van der Waals surface area contributed by atoms with E-state index in [0.717, 1.165) is 43.9 Å². The monoisotopic (exact) mass is 333 g/mol. The molecule has 1 atom stereocenters. The van der Waals surface area contributed by atoms with E-state index in [2.05, 4.69) is 47.1 Å². The van der Waals surface area contributed by atoms with Gasteiger partial charge in [0.1, 0.15) is 0 Å². The van der Waals surface area contributed by atoms with E-state index in [1.165, 1.54) is 0 Å². The maximum Gasteiger partial charge on any atom is 0.240 e. The summed E-state index contributed by atoms with van der Waals surface area (Å²) >= 11 is 0. The first-order valence-corrected chi connectivity index (χ1v) is 8.81. The molecule has 0 saturated carbocycles. The van der Waals surface area contributed by atoms with E-state index in [9.17, 15) is 0 Å². The van der Waals surface area contributed by atoms with Crippen molar-refractivity contribution in [3.8, 4) is 0 Å². The van der Waals surface area contributed by atoms with Gasteiger partial charge in [-0.15, -0.1) is 0 Å². The highest BCUT2D eigenvalue weighted by Gasteiger charge is 2.24. The van der Waals surface area contributed by atoms with Crippen LogP contribution in [0.1, 0.15) is 50.6 Å². The minimum absolute atomic E-state index is 0.0578. The molecular weight excluding hydrogens is 306 g/mol. The minimum atomic E-state index is 0.0578. The SMILES string of the molecule is CCn1cc(C2CN(Cc3nc(CCC(C)C)no3)CCO2)cn1. The van der Waals surface area contributed by atoms with Crippen LogP contribution in [-0.4, -0.2) is 44.5 Å². The predicted molar refractivity (Wildman–Crippen MR) is 89.3 cm³/mol. The van der Waals surface area contributed by atoms with E-state index in [-0.39, 0.29) is 6.10 Å². The first kappa shape index (κ1) is 17.1. The Morgan fingerprint density at radius 3 is 3.00 bits per heavy atom. The zero-order valence-electron chi connectivity index (χ0n) is 14.8. The van der Waals surface area contributed by atoms with Gasteiger partial charge in [-0.3, -0.25) is 9.58 Å². The maximum atomic E-state index is 5.90. The van der Waals surface area contributed by atoms with Crippen LogP contribution in [0.2, 0.25) is 0 Å². The second kappa shape index (κ2) is 7.90. The van der Waals surface area contributed by atoms with Crippen molar-refractivity contribution in [1.29, 1.82) is 0 Å². The predicted octanol–water partition coefficient (Wildman–Crippen LogP) is 2.45. The van der Waals surface area contributed by atoms with Crippen molar-refractivity contribution in [3.63, 3.8) is 0 Å². The summed E-state index contributed by atoms with van der Waals surface area (Å²) in [4.78, 5) is 6.82. The lowest BCUT2D eigenvalue weighted by Crippen LogP contribution is -2.37. The Balaban J connectivity index is 1.55. The van der Waals surface area contributed by atoms with E-state index in [1.807, 2.05) is 10.9 Å². The second-order valence-corrected chi connectivity index (χ2v) is 6.76. The van der Waals surface area contributed by atoms with Gasteiger partial charge in [-0.25, -0.2) is 0 Å². The van der Waals surface area contributed by atoms with Crippen molar-refractivity contribution in [2.24, 2.45) is 5.92 Å². The number of hydrogen-bond acceptors (Lipinski definition) is 6. The molecule has 7 heteroatoms. The molecule has 1 saturated heterocycles. The first-order valence-electron chi connectivity index (χ1n) is 8.81. The van der Waals surface area contributed by atoms with Crippen molar-refractivity contribution in [2.45, 2.75) is 52.8 Å². The molecule has 0 aromatic carbocycles. The van der Waals surface area contributed by atoms with Gasteiger partial charge in [-0.05, 0) is 19.3 Å². The molecule has 1 aliphatic heterocycles. The molecule has 0 spiro atoms. The Kier molecular flexibility index (Phi) is 5.63. The zero-order chi connectivity index (χ0) is 16.9. The van der Waals surface area contributed by atoms with Gasteiger partial charge in [-0.2, -0.15) is 10.1 Å². The zero-order valence-corrected chi connectivity index (χ0v) is 14.8.